The van der Waals surface area contributed by atoms with E-state index in [2.05, 4.69) is 11.2 Å². The van der Waals surface area contributed by atoms with Crippen molar-refractivity contribution < 1.29 is 9.53 Å². The molecule has 3 aromatic rings. The average molecular weight is 371 g/mol. The second-order valence-corrected chi connectivity index (χ2v) is 7.57. The molecule has 1 fully saturated rings. The summed E-state index contributed by atoms with van der Waals surface area (Å²) >= 11 is 0. The van der Waals surface area contributed by atoms with Gasteiger partial charge in [0.2, 0.25) is 17.5 Å². The fraction of sp³-hybridized carbons (Fsp3) is 0.261. The lowest BCUT2D eigenvalue weighted by Crippen LogP contribution is -2.41. The molecule has 0 radical (unpaired) electrons. The number of aromatic nitrogens is 1. The molecule has 0 N–H and O–H groups in total. The van der Waals surface area contributed by atoms with Gasteiger partial charge < -0.3 is 4.74 Å². The van der Waals surface area contributed by atoms with Gasteiger partial charge in [-0.25, -0.2) is 0 Å². The van der Waals surface area contributed by atoms with E-state index in [0.29, 0.717) is 11.8 Å². The number of carbonyl (C=O) groups is 1. The van der Waals surface area contributed by atoms with Crippen molar-refractivity contribution in [2.24, 2.45) is 5.10 Å². The minimum Gasteiger partial charge on any atom is -0.443 e. The molecule has 2 aromatic carbocycles. The molecule has 140 valence electrons. The summed E-state index contributed by atoms with van der Waals surface area (Å²) in [6.45, 7) is 3.39. The molecular weight excluding hydrogens is 350 g/mol. The van der Waals surface area contributed by atoms with Crippen molar-refractivity contribution in [3.8, 4) is 0 Å². The Morgan fingerprint density at radius 3 is 2.54 bits per heavy atom. The van der Waals surface area contributed by atoms with E-state index in [1.165, 1.54) is 24.8 Å². The van der Waals surface area contributed by atoms with E-state index in [4.69, 9.17) is 9.72 Å². The number of ether oxygens (including phenoxy) is 1. The molecule has 5 heteroatoms. The monoisotopic (exact) mass is 371 g/mol. The Labute approximate surface area is 163 Å². The van der Waals surface area contributed by atoms with Crippen LogP contribution < -0.4 is 0 Å². The minimum atomic E-state index is -0.980. The number of rotatable bonds is 3. The second-order valence-electron chi connectivity index (χ2n) is 7.57. The van der Waals surface area contributed by atoms with Gasteiger partial charge in [0.25, 0.3) is 0 Å². The summed E-state index contributed by atoms with van der Waals surface area (Å²) in [5, 5.41) is 7.02. The first-order chi connectivity index (χ1) is 13.6. The first-order valence-electron chi connectivity index (χ1n) is 9.60. The van der Waals surface area contributed by atoms with Crippen LogP contribution in [-0.2, 0) is 15.3 Å². The predicted molar refractivity (Wildman–Crippen MR) is 108 cm³/mol. The maximum Gasteiger partial charge on any atom is 0.243 e. The van der Waals surface area contributed by atoms with Crippen LogP contribution in [0.25, 0.3) is 10.9 Å². The fourth-order valence-corrected chi connectivity index (χ4v) is 3.81. The fourth-order valence-electron chi connectivity index (χ4n) is 3.81. The van der Waals surface area contributed by atoms with Crippen molar-refractivity contribution in [3.05, 3.63) is 77.5 Å². The van der Waals surface area contributed by atoms with E-state index in [1.54, 1.807) is 0 Å². The van der Waals surface area contributed by atoms with Gasteiger partial charge >= 0.3 is 0 Å². The quantitative estimate of drug-likeness (QED) is 0.680. The van der Waals surface area contributed by atoms with Crippen LogP contribution in [-0.4, -0.2) is 21.8 Å². The molecule has 0 bridgehead atoms. The van der Waals surface area contributed by atoms with E-state index in [1.807, 2.05) is 61.5 Å². The van der Waals surface area contributed by atoms with Crippen molar-refractivity contribution in [3.63, 3.8) is 0 Å². The van der Waals surface area contributed by atoms with E-state index in [9.17, 15) is 4.79 Å². The van der Waals surface area contributed by atoms with E-state index in [0.717, 1.165) is 27.7 Å². The molecule has 1 aliphatic heterocycles. The van der Waals surface area contributed by atoms with Gasteiger partial charge in [-0.15, -0.1) is 5.10 Å². The van der Waals surface area contributed by atoms with Crippen LogP contribution in [0.4, 0.5) is 0 Å². The van der Waals surface area contributed by atoms with Gasteiger partial charge in [-0.1, -0.05) is 48.5 Å². The van der Waals surface area contributed by atoms with Crippen molar-refractivity contribution >= 4 is 22.7 Å². The Kier molecular flexibility index (Phi) is 3.72. The zero-order valence-electron chi connectivity index (χ0n) is 15.9. The number of nitrogens with zero attached hydrogens (tertiary/aromatic N) is 3. The van der Waals surface area contributed by atoms with Crippen molar-refractivity contribution in [1.29, 1.82) is 0 Å². The van der Waals surface area contributed by atoms with Gasteiger partial charge in [0.05, 0.1) is 5.52 Å². The molecule has 28 heavy (non-hydrogen) atoms. The number of fused-ring (bicyclic) bond motifs is 1. The molecule has 1 amide bonds. The topological polar surface area (TPSA) is 54.8 Å². The Bertz CT molecular complexity index is 1110. The third-order valence-corrected chi connectivity index (χ3v) is 5.46. The summed E-state index contributed by atoms with van der Waals surface area (Å²) < 4.78 is 6.39. The number of carbonyl (C=O) groups excluding carboxylic acids is 1. The molecule has 5 nitrogen and oxygen atoms in total. The van der Waals surface area contributed by atoms with E-state index >= 15 is 0 Å². The summed E-state index contributed by atoms with van der Waals surface area (Å²) in [7, 11) is 0. The average Bonchev–Trinajstić information content (AvgIpc) is 3.50. The third-order valence-electron chi connectivity index (χ3n) is 5.46. The Hall–Kier alpha value is -3.21. The molecule has 0 spiro atoms. The van der Waals surface area contributed by atoms with E-state index in [-0.39, 0.29) is 5.91 Å². The van der Waals surface area contributed by atoms with Crippen LogP contribution in [0.2, 0.25) is 0 Å². The lowest BCUT2D eigenvalue weighted by molar-refractivity contribution is -0.146. The number of pyridine rings is 1. The Morgan fingerprint density at radius 1 is 1.11 bits per heavy atom. The highest BCUT2D eigenvalue weighted by molar-refractivity contribution is 6.07. The third kappa shape index (κ3) is 2.66. The SMILES string of the molecule is CC(=O)N1N=C(c2cc(C3CC3)nc3ccccc23)O[C@]1(C)c1ccccc1. The van der Waals surface area contributed by atoms with Crippen molar-refractivity contribution in [2.75, 3.05) is 0 Å². The number of hydrogen-bond acceptors (Lipinski definition) is 4. The number of para-hydroxylation sites is 1. The summed E-state index contributed by atoms with van der Waals surface area (Å²) in [4.78, 5) is 17.2. The van der Waals surface area contributed by atoms with Crippen LogP contribution >= 0.6 is 0 Å². The first kappa shape index (κ1) is 16.9. The number of hydrazone groups is 1. The molecule has 2 heterocycles. The van der Waals surface area contributed by atoms with Gasteiger partial charge in [-0.2, -0.15) is 5.01 Å². The standard InChI is InChI=1S/C23H21N3O2/c1-15(27)26-23(2,17-8-4-3-5-9-17)28-22(25-26)19-14-21(16-12-13-16)24-20-11-7-6-10-18(19)20/h3-11,14,16H,12-13H2,1-2H3/t23-/m1/s1. The molecule has 0 saturated heterocycles. The van der Waals surface area contributed by atoms with Gasteiger partial charge in [-0.3, -0.25) is 9.78 Å². The van der Waals surface area contributed by atoms with Gasteiger partial charge in [0.15, 0.2) is 0 Å². The zero-order chi connectivity index (χ0) is 19.3. The molecule has 0 unspecified atom stereocenters. The molecule has 2 aliphatic rings. The van der Waals surface area contributed by atoms with Gasteiger partial charge in [0, 0.05) is 42.0 Å². The number of benzene rings is 2. The molecule has 1 atom stereocenters. The van der Waals surface area contributed by atoms with Gasteiger partial charge in [-0.05, 0) is 25.0 Å². The predicted octanol–water partition coefficient (Wildman–Crippen LogP) is 4.53. The smallest absolute Gasteiger partial charge is 0.243 e. The van der Waals surface area contributed by atoms with Crippen LogP contribution in [0.15, 0.2) is 65.8 Å². The summed E-state index contributed by atoms with van der Waals surface area (Å²) in [5.74, 6) is 0.805. The van der Waals surface area contributed by atoms with Crippen molar-refractivity contribution in [1.82, 2.24) is 9.99 Å². The molecular formula is C23H21N3O2. The maximum atomic E-state index is 12.4. The minimum absolute atomic E-state index is 0.165. The molecule has 1 saturated carbocycles. The second kappa shape index (κ2) is 6.16. The maximum absolute atomic E-state index is 12.4. The molecule has 5 rings (SSSR count). The lowest BCUT2D eigenvalue weighted by Gasteiger charge is -2.31. The van der Waals surface area contributed by atoms with Crippen LogP contribution in [0.3, 0.4) is 0 Å². The van der Waals surface area contributed by atoms with Crippen LogP contribution in [0.1, 0.15) is 49.4 Å². The highest BCUT2D eigenvalue weighted by atomic mass is 16.6. The normalized spacial score (nSPS) is 21.5. The summed E-state index contributed by atoms with van der Waals surface area (Å²) in [6.07, 6.45) is 2.33. The number of hydrogen-bond donors (Lipinski definition) is 0. The van der Waals surface area contributed by atoms with Gasteiger partial charge in [0.1, 0.15) is 0 Å². The highest BCUT2D eigenvalue weighted by Crippen LogP contribution is 2.42. The largest absolute Gasteiger partial charge is 0.443 e. The van der Waals surface area contributed by atoms with Crippen LogP contribution in [0, 0.1) is 0 Å². The number of amides is 1. The zero-order valence-corrected chi connectivity index (χ0v) is 15.9. The van der Waals surface area contributed by atoms with Crippen molar-refractivity contribution in [2.45, 2.75) is 38.3 Å². The Balaban J connectivity index is 1.66. The van der Waals surface area contributed by atoms with E-state index < -0.39 is 5.72 Å². The first-order valence-corrected chi connectivity index (χ1v) is 9.60. The lowest BCUT2D eigenvalue weighted by atomic mass is 10.0. The molecule has 1 aromatic heterocycles. The molecule has 1 aliphatic carbocycles. The Morgan fingerprint density at radius 2 is 1.82 bits per heavy atom. The van der Waals surface area contributed by atoms with Crippen LogP contribution in [0.5, 0.6) is 0 Å². The summed E-state index contributed by atoms with van der Waals surface area (Å²) in [5.41, 5.74) is 2.79. The summed E-state index contributed by atoms with van der Waals surface area (Å²) in [6, 6.07) is 19.8. The highest BCUT2D eigenvalue weighted by Gasteiger charge is 2.45.